The predicted molar refractivity (Wildman–Crippen MR) is 78.8 cm³/mol. The molecule has 1 heterocycles. The van der Waals surface area contributed by atoms with Gasteiger partial charge in [0, 0.05) is 24.6 Å². The summed E-state index contributed by atoms with van der Waals surface area (Å²) in [5.41, 5.74) is 0. The van der Waals surface area contributed by atoms with E-state index in [0.29, 0.717) is 21.8 Å². The van der Waals surface area contributed by atoms with Crippen molar-refractivity contribution < 1.29 is 18.3 Å². The first-order chi connectivity index (χ1) is 8.88. The molecule has 0 aliphatic rings. The first-order valence-corrected chi connectivity index (χ1v) is 8.83. The Kier molecular flexibility index (Phi) is 6.41. The second-order valence-corrected chi connectivity index (χ2v) is 8.34. The molecule has 1 aromatic heterocycles. The van der Waals surface area contributed by atoms with Gasteiger partial charge in [-0.05, 0) is 28.9 Å². The number of aliphatic hydroxyl groups is 1. The average molecular weight is 372 g/mol. The number of methoxy groups -OCH3 is 1. The lowest BCUT2D eigenvalue weighted by molar-refractivity contribution is 0.142. The summed E-state index contributed by atoms with van der Waals surface area (Å²) in [4.78, 5) is 0.812. The van der Waals surface area contributed by atoms with Crippen LogP contribution in [0.3, 0.4) is 0 Å². The van der Waals surface area contributed by atoms with Crippen molar-refractivity contribution in [2.24, 2.45) is 0 Å². The fourth-order valence-electron chi connectivity index (χ4n) is 1.82. The van der Waals surface area contributed by atoms with Crippen LogP contribution in [0.25, 0.3) is 0 Å². The summed E-state index contributed by atoms with van der Waals surface area (Å²) in [5.74, 6) is 0. The van der Waals surface area contributed by atoms with E-state index in [4.69, 9.17) is 9.84 Å². The van der Waals surface area contributed by atoms with Crippen molar-refractivity contribution in [1.82, 2.24) is 4.31 Å². The van der Waals surface area contributed by atoms with Gasteiger partial charge in [-0.25, -0.2) is 8.42 Å². The van der Waals surface area contributed by atoms with E-state index < -0.39 is 10.0 Å². The van der Waals surface area contributed by atoms with E-state index >= 15 is 0 Å². The number of hydrogen-bond donors (Lipinski definition) is 1. The van der Waals surface area contributed by atoms with E-state index in [9.17, 15) is 8.42 Å². The summed E-state index contributed by atoms with van der Waals surface area (Å²) in [6.45, 7) is 4.12. The molecule has 0 amide bonds. The van der Waals surface area contributed by atoms with Gasteiger partial charge in [-0.15, -0.1) is 11.3 Å². The molecule has 0 saturated carbocycles. The van der Waals surface area contributed by atoms with Crippen molar-refractivity contribution >= 4 is 37.3 Å². The Labute approximate surface area is 126 Å². The largest absolute Gasteiger partial charge is 0.391 e. The molecule has 19 heavy (non-hydrogen) atoms. The lowest BCUT2D eigenvalue weighted by atomic mass is 10.4. The first kappa shape index (κ1) is 17.1. The number of aliphatic hydroxyl groups excluding tert-OH is 1. The molecule has 0 fully saturated rings. The van der Waals surface area contributed by atoms with Gasteiger partial charge in [0.2, 0.25) is 10.0 Å². The van der Waals surface area contributed by atoms with Crippen LogP contribution in [-0.2, 0) is 21.4 Å². The van der Waals surface area contributed by atoms with Crippen LogP contribution in [0.15, 0.2) is 14.7 Å². The minimum absolute atomic E-state index is 0.168. The van der Waals surface area contributed by atoms with Crippen LogP contribution in [0.2, 0.25) is 0 Å². The summed E-state index contributed by atoms with van der Waals surface area (Å²) in [6.07, 6.45) is 0. The highest BCUT2D eigenvalue weighted by Gasteiger charge is 2.30. The number of thiophene rings is 1. The van der Waals surface area contributed by atoms with Crippen molar-refractivity contribution in [2.45, 2.75) is 31.4 Å². The molecule has 1 rings (SSSR count). The van der Waals surface area contributed by atoms with Crippen molar-refractivity contribution in [3.05, 3.63) is 14.7 Å². The van der Waals surface area contributed by atoms with Gasteiger partial charge >= 0.3 is 0 Å². The third-order valence-corrected chi connectivity index (χ3v) is 6.99. The maximum atomic E-state index is 12.6. The van der Waals surface area contributed by atoms with E-state index in [0.717, 1.165) is 0 Å². The standard InChI is InChI=1S/C11H18BrNO4S2/c1-4-13(8(2)7-17-3)19(15,16)10-5-9(6-14)18-11(10)12/h5,8,14H,4,6-7H2,1-3H3. The van der Waals surface area contributed by atoms with E-state index in [1.807, 2.05) is 0 Å². The Morgan fingerprint density at radius 3 is 2.63 bits per heavy atom. The van der Waals surface area contributed by atoms with Crippen LogP contribution in [0.4, 0.5) is 0 Å². The zero-order valence-corrected chi connectivity index (χ0v) is 14.3. The SMILES string of the molecule is CCN(C(C)COC)S(=O)(=O)c1cc(CO)sc1Br. The van der Waals surface area contributed by atoms with Crippen LogP contribution >= 0.6 is 27.3 Å². The number of likely N-dealkylation sites (N-methyl/N-ethyl adjacent to an activating group) is 1. The van der Waals surface area contributed by atoms with Crippen molar-refractivity contribution in [2.75, 3.05) is 20.3 Å². The minimum atomic E-state index is -3.59. The molecule has 0 aliphatic heterocycles. The molecule has 5 nitrogen and oxygen atoms in total. The normalized spacial score (nSPS) is 14.0. The second kappa shape index (κ2) is 7.14. The number of rotatable bonds is 7. The van der Waals surface area contributed by atoms with Gasteiger partial charge < -0.3 is 9.84 Å². The number of sulfonamides is 1. The maximum absolute atomic E-state index is 12.6. The number of halogens is 1. The molecule has 1 N–H and O–H groups in total. The topological polar surface area (TPSA) is 66.8 Å². The summed E-state index contributed by atoms with van der Waals surface area (Å²) in [7, 11) is -2.04. The van der Waals surface area contributed by atoms with Crippen LogP contribution in [0, 0.1) is 0 Å². The van der Waals surface area contributed by atoms with Gasteiger partial charge in [-0.1, -0.05) is 6.92 Å². The molecule has 0 bridgehead atoms. The highest BCUT2D eigenvalue weighted by Crippen LogP contribution is 2.34. The highest BCUT2D eigenvalue weighted by molar-refractivity contribution is 9.11. The van der Waals surface area contributed by atoms with Gasteiger partial charge in [-0.3, -0.25) is 0 Å². The van der Waals surface area contributed by atoms with Gasteiger partial charge in [0.05, 0.1) is 17.0 Å². The van der Waals surface area contributed by atoms with Crippen LogP contribution in [-0.4, -0.2) is 44.1 Å². The molecular weight excluding hydrogens is 354 g/mol. The quantitative estimate of drug-likeness (QED) is 0.796. The molecule has 0 radical (unpaired) electrons. The summed E-state index contributed by atoms with van der Waals surface area (Å²) >= 11 is 4.47. The lowest BCUT2D eigenvalue weighted by Crippen LogP contribution is -2.40. The molecule has 0 aromatic carbocycles. The minimum Gasteiger partial charge on any atom is -0.391 e. The van der Waals surface area contributed by atoms with E-state index in [1.54, 1.807) is 21.0 Å². The molecule has 0 saturated heterocycles. The molecule has 0 aliphatic carbocycles. The van der Waals surface area contributed by atoms with Crippen LogP contribution < -0.4 is 0 Å². The number of nitrogens with zero attached hydrogens (tertiary/aromatic N) is 1. The van der Waals surface area contributed by atoms with Gasteiger partial charge in [0.25, 0.3) is 0 Å². The summed E-state index contributed by atoms with van der Waals surface area (Å²) < 4.78 is 32.1. The van der Waals surface area contributed by atoms with Crippen molar-refractivity contribution in [1.29, 1.82) is 0 Å². The molecule has 110 valence electrons. The van der Waals surface area contributed by atoms with Gasteiger partial charge in [-0.2, -0.15) is 4.31 Å². The smallest absolute Gasteiger partial charge is 0.245 e. The average Bonchev–Trinajstić information content (AvgIpc) is 2.72. The Hall–Kier alpha value is 0.01000. The third-order valence-electron chi connectivity index (χ3n) is 2.66. The predicted octanol–water partition coefficient (Wildman–Crippen LogP) is 2.05. The Morgan fingerprint density at radius 2 is 2.21 bits per heavy atom. The van der Waals surface area contributed by atoms with Gasteiger partial charge in [0.15, 0.2) is 0 Å². The number of ether oxygens (including phenoxy) is 1. The highest BCUT2D eigenvalue weighted by atomic mass is 79.9. The lowest BCUT2D eigenvalue weighted by Gasteiger charge is -2.26. The molecule has 1 atom stereocenters. The zero-order chi connectivity index (χ0) is 14.6. The zero-order valence-electron chi connectivity index (χ0n) is 11.1. The number of hydrogen-bond acceptors (Lipinski definition) is 5. The molecule has 0 spiro atoms. The molecule has 8 heteroatoms. The van der Waals surface area contributed by atoms with Crippen molar-refractivity contribution in [3.63, 3.8) is 0 Å². The fourth-order valence-corrected chi connectivity index (χ4v) is 5.94. The fraction of sp³-hybridized carbons (Fsp3) is 0.636. The van der Waals surface area contributed by atoms with E-state index in [1.165, 1.54) is 21.7 Å². The second-order valence-electron chi connectivity index (χ2n) is 4.02. The Morgan fingerprint density at radius 1 is 1.58 bits per heavy atom. The molecular formula is C11H18BrNO4S2. The van der Waals surface area contributed by atoms with E-state index in [-0.39, 0.29) is 17.5 Å². The first-order valence-electron chi connectivity index (χ1n) is 5.78. The van der Waals surface area contributed by atoms with E-state index in [2.05, 4.69) is 15.9 Å². The van der Waals surface area contributed by atoms with Crippen LogP contribution in [0.1, 0.15) is 18.7 Å². The summed E-state index contributed by atoms with van der Waals surface area (Å²) in [6, 6.07) is 1.26. The van der Waals surface area contributed by atoms with Gasteiger partial charge in [0.1, 0.15) is 4.90 Å². The van der Waals surface area contributed by atoms with Crippen LogP contribution in [0.5, 0.6) is 0 Å². The molecule has 1 aromatic rings. The Bertz CT molecular complexity index is 515. The third kappa shape index (κ3) is 3.77. The van der Waals surface area contributed by atoms with Crippen molar-refractivity contribution in [3.8, 4) is 0 Å². The monoisotopic (exact) mass is 371 g/mol. The molecule has 1 unspecified atom stereocenters. The Balaban J connectivity index is 3.16. The maximum Gasteiger partial charge on any atom is 0.245 e. The summed E-state index contributed by atoms with van der Waals surface area (Å²) in [5, 5.41) is 9.09.